The average molecular weight is 210 g/mol. The Kier molecular flexibility index (Phi) is 3.36. The molecule has 15 heavy (non-hydrogen) atoms. The van der Waals surface area contributed by atoms with E-state index in [-0.39, 0.29) is 0 Å². The minimum atomic E-state index is 0.616. The van der Waals surface area contributed by atoms with Crippen LogP contribution < -0.4 is 5.32 Å². The summed E-state index contributed by atoms with van der Waals surface area (Å²) in [6, 6.07) is 1.39. The molecular weight excluding hydrogens is 184 g/mol. The summed E-state index contributed by atoms with van der Waals surface area (Å²) in [7, 11) is 0. The molecule has 1 aliphatic heterocycles. The predicted octanol–water partition coefficient (Wildman–Crippen LogP) is 2.25. The third-order valence-corrected chi connectivity index (χ3v) is 4.29. The molecule has 2 heteroatoms. The highest BCUT2D eigenvalue weighted by molar-refractivity contribution is 4.89. The van der Waals surface area contributed by atoms with Crippen LogP contribution in [-0.2, 0) is 0 Å². The van der Waals surface area contributed by atoms with Crippen molar-refractivity contribution >= 4 is 0 Å². The zero-order chi connectivity index (χ0) is 10.9. The first-order chi connectivity index (χ1) is 7.09. The lowest BCUT2D eigenvalue weighted by Gasteiger charge is -2.41. The average Bonchev–Trinajstić information content (AvgIpc) is 2.59. The van der Waals surface area contributed by atoms with Gasteiger partial charge in [0.25, 0.3) is 0 Å². The van der Waals surface area contributed by atoms with E-state index in [1.165, 1.54) is 38.8 Å². The molecule has 2 unspecified atom stereocenters. The number of hydrogen-bond acceptors (Lipinski definition) is 2. The van der Waals surface area contributed by atoms with Crippen LogP contribution in [0, 0.1) is 5.41 Å². The molecule has 0 radical (unpaired) electrons. The van der Waals surface area contributed by atoms with Crippen LogP contribution in [0.5, 0.6) is 0 Å². The standard InChI is InChI=1S/C13H26N2/c1-11-9-15(12(2)8-14-11)10-13(3)6-4-5-7-13/h11-12,14H,4-10H2,1-3H3. The number of rotatable bonds is 2. The van der Waals surface area contributed by atoms with Gasteiger partial charge in [0.1, 0.15) is 0 Å². The molecule has 0 aromatic rings. The Labute approximate surface area is 94.4 Å². The molecule has 2 fully saturated rings. The smallest absolute Gasteiger partial charge is 0.0193 e. The van der Waals surface area contributed by atoms with Crippen molar-refractivity contribution in [2.75, 3.05) is 19.6 Å². The largest absolute Gasteiger partial charge is 0.311 e. The molecule has 0 aromatic carbocycles. The maximum absolute atomic E-state index is 3.56. The van der Waals surface area contributed by atoms with E-state index in [2.05, 4.69) is 31.0 Å². The summed E-state index contributed by atoms with van der Waals surface area (Å²) in [5.41, 5.74) is 0.616. The van der Waals surface area contributed by atoms with E-state index >= 15 is 0 Å². The van der Waals surface area contributed by atoms with Gasteiger partial charge in [-0.1, -0.05) is 19.8 Å². The molecular formula is C13H26N2. The van der Waals surface area contributed by atoms with E-state index in [0.29, 0.717) is 11.5 Å². The van der Waals surface area contributed by atoms with E-state index in [1.807, 2.05) is 0 Å². The first-order valence-corrected chi connectivity index (χ1v) is 6.56. The molecule has 2 nitrogen and oxygen atoms in total. The van der Waals surface area contributed by atoms with Crippen molar-refractivity contribution in [1.82, 2.24) is 10.2 Å². The summed E-state index contributed by atoms with van der Waals surface area (Å²) in [4.78, 5) is 2.70. The molecule has 1 heterocycles. The quantitative estimate of drug-likeness (QED) is 0.752. The van der Waals surface area contributed by atoms with E-state index in [0.717, 1.165) is 12.6 Å². The van der Waals surface area contributed by atoms with Crippen molar-refractivity contribution in [2.24, 2.45) is 5.41 Å². The summed E-state index contributed by atoms with van der Waals surface area (Å²) < 4.78 is 0. The Morgan fingerprint density at radius 1 is 1.27 bits per heavy atom. The van der Waals surface area contributed by atoms with Crippen LogP contribution in [0.25, 0.3) is 0 Å². The molecule has 2 atom stereocenters. The van der Waals surface area contributed by atoms with Crippen molar-refractivity contribution in [3.63, 3.8) is 0 Å². The normalized spacial score (nSPS) is 37.0. The third kappa shape index (κ3) is 2.73. The van der Waals surface area contributed by atoms with Gasteiger partial charge in [-0.15, -0.1) is 0 Å². The second-order valence-corrected chi connectivity index (χ2v) is 6.11. The number of nitrogens with zero attached hydrogens (tertiary/aromatic N) is 1. The maximum Gasteiger partial charge on any atom is 0.0193 e. The van der Waals surface area contributed by atoms with Crippen molar-refractivity contribution < 1.29 is 0 Å². The molecule has 0 aromatic heterocycles. The van der Waals surface area contributed by atoms with Crippen LogP contribution in [-0.4, -0.2) is 36.6 Å². The molecule has 2 aliphatic rings. The Balaban J connectivity index is 1.91. The Bertz CT molecular complexity index is 209. The van der Waals surface area contributed by atoms with Gasteiger partial charge in [-0.2, -0.15) is 0 Å². The van der Waals surface area contributed by atoms with Gasteiger partial charge in [-0.05, 0) is 32.1 Å². The number of nitrogens with one attached hydrogen (secondary N) is 1. The summed E-state index contributed by atoms with van der Waals surface area (Å²) in [6.07, 6.45) is 5.79. The Morgan fingerprint density at radius 3 is 2.60 bits per heavy atom. The molecule has 0 amide bonds. The molecule has 1 N–H and O–H groups in total. The fraction of sp³-hybridized carbons (Fsp3) is 1.00. The van der Waals surface area contributed by atoms with Gasteiger partial charge >= 0.3 is 0 Å². The highest BCUT2D eigenvalue weighted by Crippen LogP contribution is 2.38. The van der Waals surface area contributed by atoms with Crippen LogP contribution in [0.3, 0.4) is 0 Å². The first kappa shape index (κ1) is 11.4. The molecule has 1 saturated heterocycles. The van der Waals surface area contributed by atoms with Crippen LogP contribution in [0.2, 0.25) is 0 Å². The van der Waals surface area contributed by atoms with E-state index in [9.17, 15) is 0 Å². The first-order valence-electron chi connectivity index (χ1n) is 6.56. The number of hydrogen-bond donors (Lipinski definition) is 1. The lowest BCUT2D eigenvalue weighted by molar-refractivity contribution is 0.0911. The molecule has 1 aliphatic carbocycles. The van der Waals surface area contributed by atoms with Gasteiger partial charge in [0.15, 0.2) is 0 Å². The third-order valence-electron chi connectivity index (χ3n) is 4.29. The van der Waals surface area contributed by atoms with Crippen molar-refractivity contribution in [2.45, 2.75) is 58.5 Å². The maximum atomic E-state index is 3.56. The van der Waals surface area contributed by atoms with Crippen molar-refractivity contribution in [3.8, 4) is 0 Å². The van der Waals surface area contributed by atoms with E-state index in [4.69, 9.17) is 0 Å². The predicted molar refractivity (Wildman–Crippen MR) is 65.1 cm³/mol. The summed E-state index contributed by atoms with van der Waals surface area (Å²) in [6.45, 7) is 10.9. The zero-order valence-electron chi connectivity index (χ0n) is 10.6. The van der Waals surface area contributed by atoms with Crippen LogP contribution in [0.15, 0.2) is 0 Å². The molecule has 2 rings (SSSR count). The highest BCUT2D eigenvalue weighted by Gasteiger charge is 2.33. The minimum Gasteiger partial charge on any atom is -0.311 e. The van der Waals surface area contributed by atoms with Gasteiger partial charge in [0.05, 0.1) is 0 Å². The lowest BCUT2D eigenvalue weighted by atomic mass is 9.87. The van der Waals surface area contributed by atoms with Crippen molar-refractivity contribution in [1.29, 1.82) is 0 Å². The Morgan fingerprint density at radius 2 is 1.93 bits per heavy atom. The summed E-state index contributed by atoms with van der Waals surface area (Å²) >= 11 is 0. The van der Waals surface area contributed by atoms with Gasteiger partial charge in [0, 0.05) is 31.7 Å². The van der Waals surface area contributed by atoms with Gasteiger partial charge in [-0.25, -0.2) is 0 Å². The second-order valence-electron chi connectivity index (χ2n) is 6.11. The van der Waals surface area contributed by atoms with Crippen LogP contribution >= 0.6 is 0 Å². The van der Waals surface area contributed by atoms with Gasteiger partial charge < -0.3 is 5.32 Å². The highest BCUT2D eigenvalue weighted by atomic mass is 15.2. The molecule has 0 bridgehead atoms. The van der Waals surface area contributed by atoms with Gasteiger partial charge in [-0.3, -0.25) is 4.90 Å². The molecule has 1 saturated carbocycles. The van der Waals surface area contributed by atoms with Gasteiger partial charge in [0.2, 0.25) is 0 Å². The van der Waals surface area contributed by atoms with Crippen molar-refractivity contribution in [3.05, 3.63) is 0 Å². The monoisotopic (exact) mass is 210 g/mol. The van der Waals surface area contributed by atoms with Crippen LogP contribution in [0.1, 0.15) is 46.5 Å². The number of piperazine rings is 1. The van der Waals surface area contributed by atoms with E-state index < -0.39 is 0 Å². The molecule has 88 valence electrons. The fourth-order valence-electron chi connectivity index (χ4n) is 3.19. The van der Waals surface area contributed by atoms with E-state index in [1.54, 1.807) is 0 Å². The topological polar surface area (TPSA) is 15.3 Å². The minimum absolute atomic E-state index is 0.616. The summed E-state index contributed by atoms with van der Waals surface area (Å²) in [5, 5.41) is 3.56. The lowest BCUT2D eigenvalue weighted by Crippen LogP contribution is -2.56. The zero-order valence-corrected chi connectivity index (χ0v) is 10.6. The molecule has 0 spiro atoms. The Hall–Kier alpha value is -0.0800. The summed E-state index contributed by atoms with van der Waals surface area (Å²) in [5.74, 6) is 0. The fourth-order valence-corrected chi connectivity index (χ4v) is 3.19. The van der Waals surface area contributed by atoms with Crippen LogP contribution in [0.4, 0.5) is 0 Å². The SMILES string of the molecule is CC1CN(CC2(C)CCCC2)C(C)CN1. The second kappa shape index (κ2) is 4.42.